The van der Waals surface area contributed by atoms with Crippen molar-refractivity contribution in [3.8, 4) is 5.75 Å². The van der Waals surface area contributed by atoms with Gasteiger partial charge in [-0.05, 0) is 105 Å². The Morgan fingerprint density at radius 2 is 1.30 bits per heavy atom. The molecule has 0 spiro atoms. The van der Waals surface area contributed by atoms with Crippen molar-refractivity contribution in [2.45, 2.75) is 95.8 Å². The van der Waals surface area contributed by atoms with E-state index in [1.165, 1.54) is 55.9 Å². The van der Waals surface area contributed by atoms with Crippen LogP contribution in [-0.4, -0.2) is 0 Å². The Bertz CT molecular complexity index is 917. The molecule has 0 radical (unpaired) electrons. The van der Waals surface area contributed by atoms with Crippen molar-refractivity contribution in [3.63, 3.8) is 0 Å². The third-order valence-corrected chi connectivity index (χ3v) is 8.00. The second-order valence-corrected chi connectivity index (χ2v) is 10.1. The Morgan fingerprint density at radius 3 is 1.85 bits per heavy atom. The molecule has 0 aliphatic heterocycles. The lowest BCUT2D eigenvalue weighted by atomic mass is 9.75. The predicted octanol–water partition coefficient (Wildman–Crippen LogP) is 9.39. The van der Waals surface area contributed by atoms with Crippen molar-refractivity contribution in [2.75, 3.05) is 0 Å². The normalized spacial score (nSPS) is 25.9. The van der Waals surface area contributed by atoms with Gasteiger partial charge in [-0.15, -0.1) is 0 Å². The molecule has 4 rings (SSSR count). The lowest BCUT2D eigenvalue weighted by Crippen LogP contribution is -2.15. The minimum absolute atomic E-state index is 0.0537. The highest BCUT2D eigenvalue weighted by molar-refractivity contribution is 5.34. The molecule has 0 atom stereocenters. The van der Waals surface area contributed by atoms with Gasteiger partial charge >= 0.3 is 0 Å². The standard InChI is InChI=1S/C30H38F2O/c1-3-5-21-6-8-22(9-7-21)23-10-12-24(13-11-23)25-14-16-26(17-15-25)27-18-19-28(33-20-4-2)30(32)29(27)31/h4,10-13,18-22,25-26H,3,5-9,14-17H2,1-2H3/b20-4+. The summed E-state index contributed by atoms with van der Waals surface area (Å²) in [4.78, 5) is 0. The minimum atomic E-state index is -0.882. The van der Waals surface area contributed by atoms with E-state index < -0.39 is 11.6 Å². The van der Waals surface area contributed by atoms with Crippen LogP contribution in [0.15, 0.2) is 48.7 Å². The summed E-state index contributed by atoms with van der Waals surface area (Å²) >= 11 is 0. The molecule has 2 aromatic rings. The first-order chi connectivity index (χ1) is 16.1. The smallest absolute Gasteiger partial charge is 0.201 e. The van der Waals surface area contributed by atoms with Crippen LogP contribution in [0.2, 0.25) is 0 Å². The Hall–Kier alpha value is -2.16. The summed E-state index contributed by atoms with van der Waals surface area (Å²) in [5.74, 6) is 0.564. The van der Waals surface area contributed by atoms with Crippen LogP contribution in [0.5, 0.6) is 5.75 Å². The number of hydrogen-bond acceptors (Lipinski definition) is 1. The molecule has 2 aromatic carbocycles. The van der Waals surface area contributed by atoms with E-state index in [2.05, 4.69) is 31.2 Å². The van der Waals surface area contributed by atoms with Gasteiger partial charge in [-0.2, -0.15) is 4.39 Å². The van der Waals surface area contributed by atoms with Crippen molar-refractivity contribution >= 4 is 0 Å². The van der Waals surface area contributed by atoms with Crippen LogP contribution in [0, 0.1) is 17.6 Å². The average Bonchev–Trinajstić information content (AvgIpc) is 2.86. The average molecular weight is 453 g/mol. The molecule has 0 saturated heterocycles. The zero-order chi connectivity index (χ0) is 23.2. The number of ether oxygens (including phenoxy) is 1. The molecule has 0 heterocycles. The van der Waals surface area contributed by atoms with E-state index in [1.807, 2.05) is 0 Å². The number of halogens is 2. The fourth-order valence-corrected chi connectivity index (χ4v) is 6.07. The maximum atomic E-state index is 14.7. The first kappa shape index (κ1) is 24.0. The summed E-state index contributed by atoms with van der Waals surface area (Å²) in [6.07, 6.45) is 14.9. The first-order valence-corrected chi connectivity index (χ1v) is 13.0. The molecule has 0 bridgehead atoms. The quantitative estimate of drug-likeness (QED) is 0.380. The third kappa shape index (κ3) is 5.67. The van der Waals surface area contributed by atoms with E-state index in [0.717, 1.165) is 37.5 Å². The predicted molar refractivity (Wildman–Crippen MR) is 132 cm³/mol. The molecule has 33 heavy (non-hydrogen) atoms. The highest BCUT2D eigenvalue weighted by Crippen LogP contribution is 2.43. The molecule has 2 aliphatic carbocycles. The summed E-state index contributed by atoms with van der Waals surface area (Å²) in [6.45, 7) is 4.07. The van der Waals surface area contributed by atoms with E-state index >= 15 is 0 Å². The molecule has 178 valence electrons. The Balaban J connectivity index is 1.33. The van der Waals surface area contributed by atoms with Crippen LogP contribution in [0.3, 0.4) is 0 Å². The second kappa shape index (κ2) is 11.3. The van der Waals surface area contributed by atoms with Gasteiger partial charge in [0.15, 0.2) is 11.6 Å². The van der Waals surface area contributed by atoms with Gasteiger partial charge in [-0.3, -0.25) is 0 Å². The van der Waals surface area contributed by atoms with Crippen molar-refractivity contribution < 1.29 is 13.5 Å². The van der Waals surface area contributed by atoms with Gasteiger partial charge in [0.25, 0.3) is 0 Å². The van der Waals surface area contributed by atoms with Crippen LogP contribution >= 0.6 is 0 Å². The number of rotatable bonds is 7. The molecule has 0 N–H and O–H groups in total. The van der Waals surface area contributed by atoms with Crippen molar-refractivity contribution in [2.24, 2.45) is 5.92 Å². The monoisotopic (exact) mass is 452 g/mol. The van der Waals surface area contributed by atoms with Gasteiger partial charge in [0.1, 0.15) is 0 Å². The van der Waals surface area contributed by atoms with Crippen LogP contribution < -0.4 is 4.74 Å². The van der Waals surface area contributed by atoms with Gasteiger partial charge in [0.05, 0.1) is 6.26 Å². The van der Waals surface area contributed by atoms with Crippen molar-refractivity contribution in [1.29, 1.82) is 0 Å². The molecular formula is C30H38F2O. The van der Waals surface area contributed by atoms with E-state index in [0.29, 0.717) is 11.5 Å². The Morgan fingerprint density at radius 1 is 0.758 bits per heavy atom. The zero-order valence-corrected chi connectivity index (χ0v) is 20.2. The molecule has 0 amide bonds. The third-order valence-electron chi connectivity index (χ3n) is 8.00. The summed E-state index contributed by atoms with van der Waals surface area (Å²) in [5, 5.41) is 0. The Kier molecular flexibility index (Phi) is 8.22. The molecule has 0 aromatic heterocycles. The molecular weight excluding hydrogens is 414 g/mol. The van der Waals surface area contributed by atoms with Crippen molar-refractivity contribution in [1.82, 2.24) is 0 Å². The van der Waals surface area contributed by atoms with Crippen LogP contribution in [0.25, 0.3) is 0 Å². The zero-order valence-electron chi connectivity index (χ0n) is 20.2. The summed E-state index contributed by atoms with van der Waals surface area (Å²) in [7, 11) is 0. The molecule has 0 unspecified atom stereocenters. The summed E-state index contributed by atoms with van der Waals surface area (Å²) in [6, 6.07) is 12.6. The van der Waals surface area contributed by atoms with Crippen LogP contribution in [0.1, 0.15) is 112 Å². The SMILES string of the molecule is C/C=C/Oc1ccc(C2CCC(c3ccc(C4CCC(CCC)CC4)cc3)CC2)c(F)c1F. The maximum absolute atomic E-state index is 14.7. The van der Waals surface area contributed by atoms with Crippen molar-refractivity contribution in [3.05, 3.63) is 77.1 Å². The van der Waals surface area contributed by atoms with Gasteiger partial charge < -0.3 is 4.74 Å². The molecule has 3 heteroatoms. The highest BCUT2D eigenvalue weighted by atomic mass is 19.2. The molecule has 2 fully saturated rings. The number of allylic oxidation sites excluding steroid dienone is 1. The first-order valence-electron chi connectivity index (χ1n) is 13.0. The maximum Gasteiger partial charge on any atom is 0.201 e. The summed E-state index contributed by atoms with van der Waals surface area (Å²) < 4.78 is 34.3. The molecule has 2 saturated carbocycles. The Labute approximate surface area is 198 Å². The van der Waals surface area contributed by atoms with Gasteiger partial charge in [-0.1, -0.05) is 56.2 Å². The second-order valence-electron chi connectivity index (χ2n) is 10.1. The van der Waals surface area contributed by atoms with Gasteiger partial charge in [0, 0.05) is 0 Å². The van der Waals surface area contributed by atoms with E-state index in [4.69, 9.17) is 4.74 Å². The lowest BCUT2D eigenvalue weighted by molar-refractivity contribution is 0.308. The molecule has 2 aliphatic rings. The van der Waals surface area contributed by atoms with Gasteiger partial charge in [0.2, 0.25) is 5.82 Å². The topological polar surface area (TPSA) is 9.23 Å². The highest BCUT2D eigenvalue weighted by Gasteiger charge is 2.28. The number of benzene rings is 2. The lowest BCUT2D eigenvalue weighted by Gasteiger charge is -2.30. The van der Waals surface area contributed by atoms with Crippen LogP contribution in [0.4, 0.5) is 8.78 Å². The van der Waals surface area contributed by atoms with E-state index in [-0.39, 0.29) is 11.7 Å². The number of hydrogen-bond donors (Lipinski definition) is 0. The minimum Gasteiger partial charge on any atom is -0.462 e. The van der Waals surface area contributed by atoms with E-state index in [9.17, 15) is 8.78 Å². The van der Waals surface area contributed by atoms with Gasteiger partial charge in [-0.25, -0.2) is 4.39 Å². The summed E-state index contributed by atoms with van der Waals surface area (Å²) in [5.41, 5.74) is 3.39. The fraction of sp³-hybridized carbons (Fsp3) is 0.533. The van der Waals surface area contributed by atoms with Crippen LogP contribution in [-0.2, 0) is 0 Å². The largest absolute Gasteiger partial charge is 0.462 e. The van der Waals surface area contributed by atoms with E-state index in [1.54, 1.807) is 25.1 Å². The fourth-order valence-electron chi connectivity index (χ4n) is 6.07. The molecule has 1 nitrogen and oxygen atoms in total.